The molecule has 1 N–H and O–H groups in total. The molecule has 0 rings (SSSR count). The van der Waals surface area contributed by atoms with Crippen LogP contribution in [0.1, 0.15) is 265 Å². The van der Waals surface area contributed by atoms with Gasteiger partial charge < -0.3 is 24.3 Å². The Labute approximate surface area is 351 Å². The average molecular weight is 796 g/mol. The first kappa shape index (κ1) is 57.1. The first-order valence-electron chi connectivity index (χ1n) is 25.0. The molecule has 56 heavy (non-hydrogen) atoms. The summed E-state index contributed by atoms with van der Waals surface area (Å²) < 4.78 is 11.6. The Kier molecular flexibility index (Phi) is 51.2. The minimum atomic E-state index is -0.00972. The van der Waals surface area contributed by atoms with Crippen LogP contribution >= 0.6 is 0 Å². The molecule has 6 heteroatoms. The van der Waals surface area contributed by atoms with E-state index >= 15 is 0 Å². The second-order valence-electron chi connectivity index (χ2n) is 16.9. The fourth-order valence-electron chi connectivity index (χ4n) is 7.67. The van der Waals surface area contributed by atoms with Gasteiger partial charge in [-0.05, 0) is 77.3 Å². The van der Waals surface area contributed by atoms with E-state index in [4.69, 9.17) is 9.47 Å². The van der Waals surface area contributed by atoms with Crippen molar-refractivity contribution in [2.24, 2.45) is 0 Å². The maximum atomic E-state index is 12.6. The molecule has 0 radical (unpaired) electrons. The number of esters is 1. The van der Waals surface area contributed by atoms with Crippen LogP contribution in [-0.4, -0.2) is 67.8 Å². The predicted octanol–water partition coefficient (Wildman–Crippen LogP) is 14.9. The van der Waals surface area contributed by atoms with Crippen LogP contribution in [0.5, 0.6) is 0 Å². The molecular formula is C50H101NO5. The minimum absolute atomic E-state index is 0.00972. The number of nitrogens with zero attached hydrogens (tertiary/aromatic N) is 1. The molecule has 0 amide bonds. The predicted molar refractivity (Wildman–Crippen MR) is 244 cm³/mol. The normalized spacial score (nSPS) is 11.4. The van der Waals surface area contributed by atoms with Crippen LogP contribution in [0.25, 0.3) is 0 Å². The number of aldehydes is 1. The number of carbonyl (C=O) groups excluding carboxylic acids is 2. The van der Waals surface area contributed by atoms with Crippen LogP contribution in [0.2, 0.25) is 0 Å². The lowest BCUT2D eigenvalue weighted by atomic mass is 10.0. The Balaban J connectivity index is 0. The van der Waals surface area contributed by atoms with Gasteiger partial charge in [-0.2, -0.15) is 0 Å². The molecule has 0 bridgehead atoms. The third-order valence-corrected chi connectivity index (χ3v) is 11.5. The van der Waals surface area contributed by atoms with Gasteiger partial charge in [-0.25, -0.2) is 0 Å². The summed E-state index contributed by atoms with van der Waals surface area (Å²) >= 11 is 0. The van der Waals surface area contributed by atoms with Crippen molar-refractivity contribution in [2.45, 2.75) is 277 Å². The monoisotopic (exact) mass is 796 g/mol. The molecule has 6 nitrogen and oxygen atoms in total. The van der Waals surface area contributed by atoms with Gasteiger partial charge in [0.15, 0.2) is 0 Å². The van der Waals surface area contributed by atoms with Gasteiger partial charge in [-0.1, -0.05) is 188 Å². The number of methoxy groups -OCH3 is 1. The van der Waals surface area contributed by atoms with Gasteiger partial charge >= 0.3 is 5.97 Å². The lowest BCUT2D eigenvalue weighted by Crippen LogP contribution is -2.29. The van der Waals surface area contributed by atoms with E-state index in [1.807, 2.05) is 7.11 Å². The molecule has 336 valence electrons. The van der Waals surface area contributed by atoms with Crippen LogP contribution in [0.3, 0.4) is 0 Å². The Morgan fingerprint density at radius 1 is 0.482 bits per heavy atom. The van der Waals surface area contributed by atoms with E-state index in [9.17, 15) is 14.7 Å². The number of aliphatic hydroxyl groups excluding tert-OH is 1. The van der Waals surface area contributed by atoms with Crippen molar-refractivity contribution in [2.75, 3.05) is 33.4 Å². The lowest BCUT2D eigenvalue weighted by Gasteiger charge is -2.21. The van der Waals surface area contributed by atoms with Crippen molar-refractivity contribution >= 4 is 12.3 Å². The standard InChI is InChI=1S/C32H63NO4.C18H38O/c1-3-5-7-9-12-17-23-31(24-18-13-10-8-6-4-2)37-32(36)25-19-16-21-27-33(28-30-35)26-20-14-11-15-22-29-34;1-4-6-8-10-12-14-16-18(19-3)17-15-13-11-9-7-5-2/h29,31,35H,3-28,30H2,1-2H3;18H,4-17H2,1-3H3. The quantitative estimate of drug-likeness (QED) is 0.0376. The minimum Gasteiger partial charge on any atom is -0.462 e. The van der Waals surface area contributed by atoms with Gasteiger partial charge in [-0.3, -0.25) is 4.79 Å². The zero-order chi connectivity index (χ0) is 41.4. The zero-order valence-corrected chi connectivity index (χ0v) is 38.8. The van der Waals surface area contributed by atoms with E-state index < -0.39 is 0 Å². The summed E-state index contributed by atoms with van der Waals surface area (Å²) in [6, 6.07) is 0. The third-order valence-electron chi connectivity index (χ3n) is 11.5. The van der Waals surface area contributed by atoms with Crippen molar-refractivity contribution in [3.8, 4) is 0 Å². The third kappa shape index (κ3) is 45.7. The van der Waals surface area contributed by atoms with Gasteiger partial charge in [0.05, 0.1) is 12.7 Å². The van der Waals surface area contributed by atoms with Gasteiger partial charge in [0.1, 0.15) is 12.4 Å². The molecule has 0 aliphatic carbocycles. The van der Waals surface area contributed by atoms with Crippen LogP contribution in [0, 0.1) is 0 Å². The molecule has 0 aliphatic heterocycles. The van der Waals surface area contributed by atoms with E-state index in [-0.39, 0.29) is 18.7 Å². The van der Waals surface area contributed by atoms with Gasteiger partial charge in [-0.15, -0.1) is 0 Å². The van der Waals surface area contributed by atoms with Crippen LogP contribution in [0.4, 0.5) is 0 Å². The Morgan fingerprint density at radius 3 is 1.23 bits per heavy atom. The van der Waals surface area contributed by atoms with Crippen molar-refractivity contribution < 1.29 is 24.2 Å². The number of unbranched alkanes of at least 4 members (excludes halogenated alkanes) is 26. The number of rotatable bonds is 45. The number of hydrogen-bond donors (Lipinski definition) is 1. The number of hydrogen-bond acceptors (Lipinski definition) is 6. The van der Waals surface area contributed by atoms with E-state index in [2.05, 4.69) is 32.6 Å². The van der Waals surface area contributed by atoms with E-state index in [0.717, 1.165) is 83.7 Å². The average Bonchev–Trinajstić information content (AvgIpc) is 3.20. The van der Waals surface area contributed by atoms with Gasteiger partial charge in [0.25, 0.3) is 0 Å². The number of carbonyl (C=O) groups is 2. The smallest absolute Gasteiger partial charge is 0.306 e. The summed E-state index contributed by atoms with van der Waals surface area (Å²) in [6.45, 7) is 11.9. The molecule has 0 saturated heterocycles. The maximum Gasteiger partial charge on any atom is 0.306 e. The SMILES string of the molecule is CCCCCCCCC(CCCCCCCC)OC.CCCCCCCCC(CCCCCCCC)OC(=O)CCCCCN(CCO)CCCCCCC=O. The first-order chi connectivity index (χ1) is 27.5. The molecule has 0 fully saturated rings. The summed E-state index contributed by atoms with van der Waals surface area (Å²) in [5, 5.41) is 9.36. The molecule has 0 aromatic heterocycles. The molecule has 0 aromatic carbocycles. The van der Waals surface area contributed by atoms with Crippen LogP contribution < -0.4 is 0 Å². The Hall–Kier alpha value is -0.980. The summed E-state index contributed by atoms with van der Waals surface area (Å²) in [6.07, 6.45) is 46.8. The van der Waals surface area contributed by atoms with Crippen LogP contribution in [-0.2, 0) is 19.1 Å². The van der Waals surface area contributed by atoms with Crippen molar-refractivity contribution in [1.29, 1.82) is 0 Å². The molecule has 0 saturated carbocycles. The lowest BCUT2D eigenvalue weighted by molar-refractivity contribution is -0.150. The molecule has 0 heterocycles. The molecule has 0 unspecified atom stereocenters. The second-order valence-corrected chi connectivity index (χ2v) is 16.9. The van der Waals surface area contributed by atoms with Crippen molar-refractivity contribution in [3.05, 3.63) is 0 Å². The number of aliphatic hydroxyl groups is 1. The van der Waals surface area contributed by atoms with E-state index in [0.29, 0.717) is 18.9 Å². The fourth-order valence-corrected chi connectivity index (χ4v) is 7.67. The summed E-state index contributed by atoms with van der Waals surface area (Å²) in [5.74, 6) is -0.00972. The highest BCUT2D eigenvalue weighted by molar-refractivity contribution is 5.69. The van der Waals surface area contributed by atoms with E-state index in [1.165, 1.54) is 167 Å². The molecule has 0 spiro atoms. The van der Waals surface area contributed by atoms with Crippen molar-refractivity contribution in [1.82, 2.24) is 4.90 Å². The highest BCUT2D eigenvalue weighted by Crippen LogP contribution is 2.19. The number of ether oxygens (including phenoxy) is 2. The van der Waals surface area contributed by atoms with E-state index in [1.54, 1.807) is 0 Å². The summed E-state index contributed by atoms with van der Waals surface area (Å²) in [4.78, 5) is 25.3. The highest BCUT2D eigenvalue weighted by atomic mass is 16.5. The zero-order valence-electron chi connectivity index (χ0n) is 38.8. The second kappa shape index (κ2) is 50.2. The Bertz CT molecular complexity index is 717. The highest BCUT2D eigenvalue weighted by Gasteiger charge is 2.14. The van der Waals surface area contributed by atoms with Crippen molar-refractivity contribution in [3.63, 3.8) is 0 Å². The van der Waals surface area contributed by atoms with Gasteiger partial charge in [0.2, 0.25) is 0 Å². The first-order valence-corrected chi connectivity index (χ1v) is 25.0. The molecule has 0 atom stereocenters. The molecule has 0 aliphatic rings. The molecular weight excluding hydrogens is 695 g/mol. The molecule has 0 aromatic rings. The summed E-state index contributed by atoms with van der Waals surface area (Å²) in [5.41, 5.74) is 0. The fraction of sp³-hybridized carbons (Fsp3) is 0.960. The topological polar surface area (TPSA) is 76.1 Å². The maximum absolute atomic E-state index is 12.6. The Morgan fingerprint density at radius 2 is 0.839 bits per heavy atom. The summed E-state index contributed by atoms with van der Waals surface area (Å²) in [7, 11) is 1.89. The largest absolute Gasteiger partial charge is 0.462 e. The van der Waals surface area contributed by atoms with Crippen LogP contribution in [0.15, 0.2) is 0 Å². The van der Waals surface area contributed by atoms with Gasteiger partial charge in [0, 0.05) is 26.5 Å².